The molecule has 0 saturated heterocycles. The van der Waals surface area contributed by atoms with Crippen molar-refractivity contribution in [3.63, 3.8) is 0 Å². The highest BCUT2D eigenvalue weighted by atomic mass is 28.3. The van der Waals surface area contributed by atoms with Gasteiger partial charge < -0.3 is 0 Å². The van der Waals surface area contributed by atoms with E-state index in [-0.39, 0.29) is 5.41 Å². The van der Waals surface area contributed by atoms with Gasteiger partial charge in [-0.25, -0.2) is 0 Å². The molecule has 0 unspecified atom stereocenters. The van der Waals surface area contributed by atoms with Crippen molar-refractivity contribution in [3.8, 4) is 33.4 Å². The minimum atomic E-state index is -1.99. The van der Waals surface area contributed by atoms with Crippen LogP contribution in [-0.4, -0.2) is 16.1 Å². The van der Waals surface area contributed by atoms with Crippen LogP contribution in [-0.2, 0) is 5.41 Å². The minimum Gasteiger partial charge on any atom is -0.0626 e. The lowest BCUT2D eigenvalue weighted by Gasteiger charge is -2.27. The molecule has 0 amide bonds. The molecule has 1 aliphatic carbocycles. The average molecular weight is 715 g/mol. The fourth-order valence-corrected chi connectivity index (χ4v) is 13.8. The van der Waals surface area contributed by atoms with Gasteiger partial charge >= 0.3 is 0 Å². The lowest BCUT2D eigenvalue weighted by molar-refractivity contribution is 0.661. The molecule has 0 heterocycles. The molecule has 0 aliphatic heterocycles. The van der Waals surface area contributed by atoms with Crippen LogP contribution < -0.4 is 20.7 Å². The molecule has 0 saturated carbocycles. The predicted molar refractivity (Wildman–Crippen MR) is 236 cm³/mol. The lowest BCUT2D eigenvalue weighted by Crippen LogP contribution is -2.53. The highest BCUT2D eigenvalue weighted by molar-refractivity contribution is 7.01. The van der Waals surface area contributed by atoms with Crippen LogP contribution in [0.3, 0.4) is 0 Å². The second kappa shape index (κ2) is 12.4. The molecule has 9 rings (SSSR count). The van der Waals surface area contributed by atoms with Crippen molar-refractivity contribution in [2.45, 2.75) is 45.5 Å². The summed E-state index contributed by atoms with van der Waals surface area (Å²) in [5.74, 6) is 0. The minimum absolute atomic E-state index is 0.00701. The molecule has 8 aromatic carbocycles. The summed E-state index contributed by atoms with van der Waals surface area (Å²) in [7, 11) is -3.79. The third-order valence-electron chi connectivity index (χ3n) is 12.5. The quantitative estimate of drug-likeness (QED) is 0.119. The number of hydrogen-bond acceptors (Lipinski definition) is 0. The van der Waals surface area contributed by atoms with Crippen molar-refractivity contribution < 1.29 is 0 Å². The summed E-state index contributed by atoms with van der Waals surface area (Å²) >= 11 is 0. The molecule has 0 atom stereocenters. The fourth-order valence-electron chi connectivity index (χ4n) is 9.14. The Morgan fingerprint density at radius 1 is 0.340 bits per heavy atom. The van der Waals surface area contributed by atoms with E-state index in [0.29, 0.717) is 0 Å². The summed E-state index contributed by atoms with van der Waals surface area (Å²) in [6, 6.07) is 64.5. The first-order chi connectivity index (χ1) is 25.6. The van der Waals surface area contributed by atoms with E-state index in [1.807, 2.05) is 0 Å². The van der Waals surface area contributed by atoms with Crippen LogP contribution in [0.15, 0.2) is 170 Å². The van der Waals surface area contributed by atoms with Crippen LogP contribution in [0, 0.1) is 0 Å². The Labute approximate surface area is 316 Å². The van der Waals surface area contributed by atoms with Gasteiger partial charge in [0, 0.05) is 5.41 Å². The molecule has 0 N–H and O–H groups in total. The first-order valence-electron chi connectivity index (χ1n) is 19.0. The highest BCUT2D eigenvalue weighted by Crippen LogP contribution is 2.48. The standard InChI is InChI=1S/C51H46Si2/c1-51(2)47-23-15-14-18-41(47)42-33-32-40(34-48(42)51)53(5,6)39-30-26-36(27-31-39)50-45-21-12-10-19-43(45)49(44-20-11-13-22-46(44)50)35-24-28-38(29-25-35)52(3,4)37-16-8-7-9-17-37/h7-34H,1-6H3. The molecule has 0 bridgehead atoms. The van der Waals surface area contributed by atoms with E-state index in [1.165, 1.54) is 86.8 Å². The van der Waals surface area contributed by atoms with Crippen molar-refractivity contribution >= 4 is 58.4 Å². The second-order valence-corrected chi connectivity index (χ2v) is 25.4. The van der Waals surface area contributed by atoms with Crippen molar-refractivity contribution in [2.24, 2.45) is 0 Å². The Bertz CT molecular complexity index is 2610. The molecule has 53 heavy (non-hydrogen) atoms. The Morgan fingerprint density at radius 3 is 1.23 bits per heavy atom. The molecular formula is C51H46Si2. The number of hydrogen-bond donors (Lipinski definition) is 0. The molecule has 8 aromatic rings. The average Bonchev–Trinajstić information content (AvgIpc) is 3.43. The van der Waals surface area contributed by atoms with Gasteiger partial charge in [0.25, 0.3) is 0 Å². The van der Waals surface area contributed by atoms with E-state index in [9.17, 15) is 0 Å². The van der Waals surface area contributed by atoms with E-state index < -0.39 is 16.1 Å². The molecular weight excluding hydrogens is 669 g/mol. The second-order valence-electron chi connectivity index (χ2n) is 16.5. The first-order valence-corrected chi connectivity index (χ1v) is 25.0. The van der Waals surface area contributed by atoms with Gasteiger partial charge in [0.15, 0.2) is 0 Å². The number of rotatable bonds is 6. The summed E-state index contributed by atoms with van der Waals surface area (Å²) in [5.41, 5.74) is 10.9. The predicted octanol–water partition coefficient (Wildman–Crippen LogP) is 11.3. The van der Waals surface area contributed by atoms with E-state index in [2.05, 4.69) is 210 Å². The Hall–Kier alpha value is -5.29. The smallest absolute Gasteiger partial charge is 0.0626 e. The van der Waals surface area contributed by atoms with Crippen molar-refractivity contribution in [1.29, 1.82) is 0 Å². The zero-order valence-electron chi connectivity index (χ0n) is 31.7. The van der Waals surface area contributed by atoms with Gasteiger partial charge in [-0.15, -0.1) is 0 Å². The van der Waals surface area contributed by atoms with Crippen LogP contribution in [0.1, 0.15) is 25.0 Å². The van der Waals surface area contributed by atoms with Crippen molar-refractivity contribution in [3.05, 3.63) is 181 Å². The molecule has 0 radical (unpaired) electrons. The third kappa shape index (κ3) is 5.30. The zero-order valence-corrected chi connectivity index (χ0v) is 33.7. The van der Waals surface area contributed by atoms with E-state index >= 15 is 0 Å². The van der Waals surface area contributed by atoms with Gasteiger partial charge in [0.2, 0.25) is 0 Å². The van der Waals surface area contributed by atoms with Gasteiger partial charge in [0.1, 0.15) is 16.1 Å². The molecule has 258 valence electrons. The maximum Gasteiger partial charge on any atom is 0.112 e. The third-order valence-corrected chi connectivity index (χ3v) is 19.6. The monoisotopic (exact) mass is 714 g/mol. The van der Waals surface area contributed by atoms with Gasteiger partial charge in [-0.1, -0.05) is 231 Å². The summed E-state index contributed by atoms with van der Waals surface area (Å²) in [6.07, 6.45) is 0. The first kappa shape index (κ1) is 33.5. The zero-order chi connectivity index (χ0) is 36.5. The van der Waals surface area contributed by atoms with Gasteiger partial charge in [-0.2, -0.15) is 0 Å². The van der Waals surface area contributed by atoms with E-state index in [4.69, 9.17) is 0 Å². The Morgan fingerprint density at radius 2 is 0.717 bits per heavy atom. The topological polar surface area (TPSA) is 0 Å². The fraction of sp³-hybridized carbons (Fsp3) is 0.137. The lowest BCUT2D eigenvalue weighted by atomic mass is 9.82. The van der Waals surface area contributed by atoms with Gasteiger partial charge in [-0.05, 0) is 66.1 Å². The molecule has 0 spiro atoms. The SMILES string of the molecule is CC1(C)c2ccccc2-c2ccc([Si](C)(C)c3ccc(-c4c5ccccc5c(-c5ccc([Si](C)(C)c6ccccc6)cc5)c5ccccc45)cc3)cc21. The van der Waals surface area contributed by atoms with Crippen LogP contribution >= 0.6 is 0 Å². The normalized spacial score (nSPS) is 13.6. The molecule has 0 nitrogen and oxygen atoms in total. The van der Waals surface area contributed by atoms with Crippen molar-refractivity contribution in [2.75, 3.05) is 0 Å². The summed E-state index contributed by atoms with van der Waals surface area (Å²) in [6.45, 7) is 14.7. The Kier molecular flexibility index (Phi) is 7.85. The molecule has 1 aliphatic rings. The summed E-state index contributed by atoms with van der Waals surface area (Å²) < 4.78 is 0. The van der Waals surface area contributed by atoms with Crippen LogP contribution in [0.5, 0.6) is 0 Å². The summed E-state index contributed by atoms with van der Waals surface area (Å²) in [5, 5.41) is 11.1. The van der Waals surface area contributed by atoms with Gasteiger partial charge in [-0.3, -0.25) is 0 Å². The molecule has 0 fully saturated rings. The largest absolute Gasteiger partial charge is 0.112 e. The van der Waals surface area contributed by atoms with Crippen LogP contribution in [0.25, 0.3) is 54.9 Å². The Balaban J connectivity index is 1.12. The maximum absolute atomic E-state index is 2.53. The van der Waals surface area contributed by atoms with E-state index in [0.717, 1.165) is 0 Å². The van der Waals surface area contributed by atoms with E-state index in [1.54, 1.807) is 0 Å². The maximum atomic E-state index is 2.53. The van der Waals surface area contributed by atoms with Crippen LogP contribution in [0.4, 0.5) is 0 Å². The number of fused-ring (bicyclic) bond motifs is 5. The summed E-state index contributed by atoms with van der Waals surface area (Å²) in [4.78, 5) is 0. The molecule has 2 heteroatoms. The van der Waals surface area contributed by atoms with Gasteiger partial charge in [0.05, 0.1) is 0 Å². The number of benzene rings is 8. The van der Waals surface area contributed by atoms with Crippen LogP contribution in [0.2, 0.25) is 26.2 Å². The molecule has 0 aromatic heterocycles. The highest BCUT2D eigenvalue weighted by Gasteiger charge is 2.37. The van der Waals surface area contributed by atoms with Crippen molar-refractivity contribution in [1.82, 2.24) is 0 Å².